The van der Waals surface area contributed by atoms with Gasteiger partial charge in [-0.3, -0.25) is 4.79 Å². The highest BCUT2D eigenvalue weighted by Crippen LogP contribution is 2.22. The molecule has 0 aromatic heterocycles. The van der Waals surface area contributed by atoms with Crippen LogP contribution in [-0.2, 0) is 11.3 Å². The predicted octanol–water partition coefficient (Wildman–Crippen LogP) is 4.25. The zero-order valence-electron chi connectivity index (χ0n) is 18.6. The van der Waals surface area contributed by atoms with Crippen molar-refractivity contribution in [2.24, 2.45) is 0 Å². The third-order valence-corrected chi connectivity index (χ3v) is 5.63. The molecule has 0 radical (unpaired) electrons. The summed E-state index contributed by atoms with van der Waals surface area (Å²) in [6.07, 6.45) is 2.53. The summed E-state index contributed by atoms with van der Waals surface area (Å²) in [4.78, 5) is 15.0. The molecule has 2 aromatic rings. The topological polar surface area (TPSA) is 50.8 Å². The summed E-state index contributed by atoms with van der Waals surface area (Å²) in [5.41, 5.74) is 3.20. The minimum Gasteiger partial charge on any atom is -0.490 e. The Hall–Kier alpha value is -2.53. The first kappa shape index (κ1) is 22.2. The number of nitrogens with one attached hydrogen (secondary N) is 1. The molecule has 2 aromatic carbocycles. The average Bonchev–Trinajstić information content (AvgIpc) is 2.75. The number of likely N-dealkylation sites (tertiary alicyclic amines) is 1. The van der Waals surface area contributed by atoms with Crippen LogP contribution >= 0.6 is 0 Å². The predicted molar refractivity (Wildman–Crippen MR) is 120 cm³/mol. The number of benzene rings is 2. The Morgan fingerprint density at radius 3 is 2.50 bits per heavy atom. The highest BCUT2D eigenvalue weighted by atomic mass is 16.5. The van der Waals surface area contributed by atoms with Gasteiger partial charge in [-0.05, 0) is 75.0 Å². The summed E-state index contributed by atoms with van der Waals surface area (Å²) >= 11 is 0. The molecule has 0 saturated carbocycles. The lowest BCUT2D eigenvalue weighted by Crippen LogP contribution is -2.37. The van der Waals surface area contributed by atoms with Crippen molar-refractivity contribution in [3.05, 3.63) is 59.2 Å². The molecule has 30 heavy (non-hydrogen) atoms. The van der Waals surface area contributed by atoms with Crippen LogP contribution in [0, 0.1) is 13.8 Å². The molecule has 1 heterocycles. The first-order chi connectivity index (χ1) is 14.4. The first-order valence-electron chi connectivity index (χ1n) is 10.9. The summed E-state index contributed by atoms with van der Waals surface area (Å²) in [5.74, 6) is 1.57. The lowest BCUT2D eigenvalue weighted by atomic mass is 10.1. The first-order valence-corrected chi connectivity index (χ1v) is 10.9. The quantitative estimate of drug-likeness (QED) is 0.707. The number of rotatable bonds is 8. The summed E-state index contributed by atoms with van der Waals surface area (Å²) in [6.45, 7) is 8.61. The van der Waals surface area contributed by atoms with Gasteiger partial charge >= 0.3 is 0 Å². The molecule has 5 nitrogen and oxygen atoms in total. The van der Waals surface area contributed by atoms with E-state index in [-0.39, 0.29) is 5.91 Å². The van der Waals surface area contributed by atoms with Crippen LogP contribution in [0.1, 0.15) is 42.9 Å². The SMILES string of the molecule is CCC(Oc1cc(C)ccc1C)C(=O)NCc1ccc(OC2CCN(C)CC2)cc1. The minimum absolute atomic E-state index is 0.0925. The van der Waals surface area contributed by atoms with Gasteiger partial charge < -0.3 is 19.7 Å². The van der Waals surface area contributed by atoms with Gasteiger partial charge in [-0.2, -0.15) is 0 Å². The van der Waals surface area contributed by atoms with E-state index in [0.29, 0.717) is 19.1 Å². The number of carbonyl (C=O) groups excluding carboxylic acids is 1. The van der Waals surface area contributed by atoms with Crippen LogP contribution in [-0.4, -0.2) is 43.2 Å². The second-order valence-electron chi connectivity index (χ2n) is 8.27. The maximum atomic E-state index is 12.6. The van der Waals surface area contributed by atoms with Gasteiger partial charge in [-0.25, -0.2) is 0 Å². The van der Waals surface area contributed by atoms with Crippen LogP contribution in [0.15, 0.2) is 42.5 Å². The number of amides is 1. The number of hydrogen-bond donors (Lipinski definition) is 1. The summed E-state index contributed by atoms with van der Waals surface area (Å²) in [5, 5.41) is 3.00. The van der Waals surface area contributed by atoms with Crippen molar-refractivity contribution in [2.75, 3.05) is 20.1 Å². The third-order valence-electron chi connectivity index (χ3n) is 5.63. The smallest absolute Gasteiger partial charge is 0.261 e. The van der Waals surface area contributed by atoms with Crippen molar-refractivity contribution >= 4 is 5.91 Å². The number of aryl methyl sites for hydroxylation is 2. The molecule has 1 unspecified atom stereocenters. The van der Waals surface area contributed by atoms with Crippen molar-refractivity contribution in [3.63, 3.8) is 0 Å². The number of carbonyl (C=O) groups is 1. The second kappa shape index (κ2) is 10.5. The molecule has 0 aliphatic carbocycles. The molecule has 1 aliphatic heterocycles. The van der Waals surface area contributed by atoms with Crippen molar-refractivity contribution in [1.82, 2.24) is 10.2 Å². The fourth-order valence-electron chi connectivity index (χ4n) is 3.59. The van der Waals surface area contributed by atoms with Gasteiger partial charge in [0.1, 0.15) is 17.6 Å². The molecule has 1 amide bonds. The van der Waals surface area contributed by atoms with Crippen LogP contribution in [0.2, 0.25) is 0 Å². The minimum atomic E-state index is -0.502. The van der Waals surface area contributed by atoms with Crippen molar-refractivity contribution < 1.29 is 14.3 Å². The van der Waals surface area contributed by atoms with Gasteiger partial charge in [-0.1, -0.05) is 31.2 Å². The number of hydrogen-bond acceptors (Lipinski definition) is 4. The van der Waals surface area contributed by atoms with E-state index in [2.05, 4.69) is 17.3 Å². The summed E-state index contributed by atoms with van der Waals surface area (Å²) in [7, 11) is 2.15. The lowest BCUT2D eigenvalue weighted by molar-refractivity contribution is -0.128. The number of nitrogens with zero attached hydrogens (tertiary/aromatic N) is 1. The van der Waals surface area contributed by atoms with Crippen LogP contribution in [0.25, 0.3) is 0 Å². The van der Waals surface area contributed by atoms with Crippen LogP contribution in [0.4, 0.5) is 0 Å². The average molecular weight is 411 g/mol. The molecule has 162 valence electrons. The van der Waals surface area contributed by atoms with Crippen LogP contribution < -0.4 is 14.8 Å². The van der Waals surface area contributed by atoms with Gasteiger partial charge in [-0.15, -0.1) is 0 Å². The highest BCUT2D eigenvalue weighted by molar-refractivity contribution is 5.81. The maximum Gasteiger partial charge on any atom is 0.261 e. The zero-order chi connectivity index (χ0) is 21.5. The summed E-state index contributed by atoms with van der Waals surface area (Å²) < 4.78 is 12.1. The molecule has 1 N–H and O–H groups in total. The molecule has 1 saturated heterocycles. The molecule has 3 rings (SSSR count). The van der Waals surface area contributed by atoms with Gasteiger partial charge in [0.25, 0.3) is 5.91 Å². The Kier molecular flexibility index (Phi) is 7.75. The molecule has 5 heteroatoms. The maximum absolute atomic E-state index is 12.6. The van der Waals surface area contributed by atoms with E-state index in [4.69, 9.17) is 9.47 Å². The largest absolute Gasteiger partial charge is 0.490 e. The Labute approximate surface area is 180 Å². The fourth-order valence-corrected chi connectivity index (χ4v) is 3.59. The van der Waals surface area contributed by atoms with Gasteiger partial charge in [0.05, 0.1) is 0 Å². The van der Waals surface area contributed by atoms with Crippen molar-refractivity contribution in [3.8, 4) is 11.5 Å². The van der Waals surface area contributed by atoms with Crippen LogP contribution in [0.5, 0.6) is 11.5 Å². The van der Waals surface area contributed by atoms with Crippen molar-refractivity contribution in [2.45, 2.75) is 58.8 Å². The van der Waals surface area contributed by atoms with Gasteiger partial charge in [0.2, 0.25) is 0 Å². The van der Waals surface area contributed by atoms with Crippen molar-refractivity contribution in [1.29, 1.82) is 0 Å². The molecule has 0 bridgehead atoms. The Balaban J connectivity index is 1.50. The zero-order valence-corrected chi connectivity index (χ0v) is 18.6. The monoisotopic (exact) mass is 410 g/mol. The molecule has 1 fully saturated rings. The molecule has 1 atom stereocenters. The van der Waals surface area contributed by atoms with Gasteiger partial charge in [0.15, 0.2) is 6.10 Å². The van der Waals surface area contributed by atoms with E-state index in [1.165, 1.54) is 0 Å². The molecular formula is C25H34N2O3. The molecule has 0 spiro atoms. The highest BCUT2D eigenvalue weighted by Gasteiger charge is 2.20. The Morgan fingerprint density at radius 1 is 1.13 bits per heavy atom. The number of ether oxygens (including phenoxy) is 2. The lowest BCUT2D eigenvalue weighted by Gasteiger charge is -2.29. The fraction of sp³-hybridized carbons (Fsp3) is 0.480. The van der Waals surface area contributed by atoms with E-state index in [9.17, 15) is 4.79 Å². The van der Waals surface area contributed by atoms with Gasteiger partial charge in [0, 0.05) is 19.6 Å². The second-order valence-corrected chi connectivity index (χ2v) is 8.27. The third kappa shape index (κ3) is 6.23. The van der Waals surface area contributed by atoms with E-state index in [1.807, 2.05) is 63.2 Å². The van der Waals surface area contributed by atoms with E-state index in [1.54, 1.807) is 0 Å². The van der Waals surface area contributed by atoms with E-state index in [0.717, 1.165) is 54.1 Å². The van der Waals surface area contributed by atoms with E-state index >= 15 is 0 Å². The summed E-state index contributed by atoms with van der Waals surface area (Å²) in [6, 6.07) is 14.0. The standard InChI is InChI=1S/C25H34N2O3/c1-5-23(30-24-16-18(2)6-7-19(24)3)25(28)26-17-20-8-10-21(11-9-20)29-22-12-14-27(4)15-13-22/h6-11,16,22-23H,5,12-15,17H2,1-4H3,(H,26,28). The number of piperidine rings is 1. The van der Waals surface area contributed by atoms with Crippen LogP contribution in [0.3, 0.4) is 0 Å². The molecule has 1 aliphatic rings. The molecular weight excluding hydrogens is 376 g/mol. The van der Waals surface area contributed by atoms with E-state index < -0.39 is 6.10 Å². The Morgan fingerprint density at radius 2 is 1.83 bits per heavy atom. The Bertz CT molecular complexity index is 827. The normalized spacial score (nSPS) is 16.1.